The second kappa shape index (κ2) is 9.58. The molecular formula is C24H27BrN2O3. The Kier molecular flexibility index (Phi) is 7.10. The van der Waals surface area contributed by atoms with Gasteiger partial charge < -0.3 is 14.9 Å². The number of hydrogen-bond acceptors (Lipinski definition) is 3. The quantitative estimate of drug-likeness (QED) is 0.381. The summed E-state index contributed by atoms with van der Waals surface area (Å²) in [6.07, 6.45) is 0. The van der Waals surface area contributed by atoms with E-state index in [0.29, 0.717) is 12.1 Å². The smallest absolute Gasteiger partial charge is 0.295 e. The first-order valence-corrected chi connectivity index (χ1v) is 11.1. The first kappa shape index (κ1) is 22.2. The number of halogens is 1. The predicted octanol–water partition coefficient (Wildman–Crippen LogP) is 1.91. The highest BCUT2D eigenvalue weighted by atomic mass is 79.9. The third kappa shape index (κ3) is 4.50. The second-order valence-corrected chi connectivity index (χ2v) is 8.52. The van der Waals surface area contributed by atoms with Gasteiger partial charge >= 0.3 is 0 Å². The molecule has 1 saturated heterocycles. The number of ketones is 1. The monoisotopic (exact) mass is 470 g/mol. The number of likely N-dealkylation sites (N-methyl/N-ethyl adjacent to an activating group) is 1. The molecule has 1 aliphatic rings. The molecule has 0 aromatic heterocycles. The van der Waals surface area contributed by atoms with Crippen LogP contribution < -0.4 is 10.0 Å². The van der Waals surface area contributed by atoms with Crippen LogP contribution in [0, 0.1) is 6.92 Å². The molecule has 158 valence electrons. The van der Waals surface area contributed by atoms with Crippen molar-refractivity contribution in [2.45, 2.75) is 26.8 Å². The lowest BCUT2D eigenvalue weighted by molar-refractivity contribution is -0.895. The normalized spacial score (nSPS) is 18.4. The van der Waals surface area contributed by atoms with Crippen molar-refractivity contribution >= 4 is 33.4 Å². The Balaban J connectivity index is 2.09. The van der Waals surface area contributed by atoms with Crippen LogP contribution in [0.3, 0.4) is 0 Å². The number of hydrogen-bond donors (Lipinski definition) is 1. The summed E-state index contributed by atoms with van der Waals surface area (Å²) < 4.78 is 0.836. The molecule has 1 N–H and O–H groups in total. The standard InChI is InChI=1S/C24H27BrN2O3/c1-4-26(5-2)13-14-27-21(18-7-6-8-19(25)15-18)20(23(29)24(27)30)22(28)17-11-9-16(3)10-12-17/h6-12,15,21,28H,4-5,13-14H2,1-3H3/b22-20+. The van der Waals surface area contributed by atoms with E-state index in [1.807, 2.05) is 43.3 Å². The van der Waals surface area contributed by atoms with Crippen molar-refractivity contribution in [3.05, 3.63) is 75.3 Å². The van der Waals surface area contributed by atoms with E-state index in [-0.39, 0.29) is 11.3 Å². The zero-order valence-electron chi connectivity index (χ0n) is 17.6. The molecule has 1 unspecified atom stereocenters. The summed E-state index contributed by atoms with van der Waals surface area (Å²) in [5.41, 5.74) is 2.25. The molecule has 2 aromatic carbocycles. The van der Waals surface area contributed by atoms with Gasteiger partial charge in [-0.25, -0.2) is 0 Å². The van der Waals surface area contributed by atoms with Gasteiger partial charge in [0.05, 0.1) is 32.2 Å². The number of amides is 1. The summed E-state index contributed by atoms with van der Waals surface area (Å²) in [6.45, 7) is 9.15. The van der Waals surface area contributed by atoms with Gasteiger partial charge in [0.25, 0.3) is 5.91 Å². The average Bonchev–Trinajstić information content (AvgIpc) is 2.99. The lowest BCUT2D eigenvalue weighted by Crippen LogP contribution is -3.12. The SMILES string of the molecule is CC[NH+](CC)CCN1C(=O)C(=O)/C(=C(/[O-])c2ccc(C)cc2)C1c1cccc(Br)c1. The maximum atomic E-state index is 13.3. The molecule has 2 aromatic rings. The van der Waals surface area contributed by atoms with E-state index in [1.165, 1.54) is 4.90 Å². The predicted molar refractivity (Wildman–Crippen MR) is 119 cm³/mol. The van der Waals surface area contributed by atoms with Crippen LogP contribution in [-0.2, 0) is 9.59 Å². The van der Waals surface area contributed by atoms with E-state index in [1.54, 1.807) is 17.0 Å². The van der Waals surface area contributed by atoms with E-state index in [0.717, 1.165) is 35.2 Å². The number of carbonyl (C=O) groups excluding carboxylic acids is 2. The third-order valence-electron chi connectivity index (χ3n) is 5.71. The largest absolute Gasteiger partial charge is 0.872 e. The van der Waals surface area contributed by atoms with E-state index in [2.05, 4.69) is 29.8 Å². The molecule has 0 spiro atoms. The van der Waals surface area contributed by atoms with Gasteiger partial charge in [-0.2, -0.15) is 0 Å². The van der Waals surface area contributed by atoms with Gasteiger partial charge in [0.2, 0.25) is 5.78 Å². The van der Waals surface area contributed by atoms with Crippen LogP contribution in [0.4, 0.5) is 0 Å². The van der Waals surface area contributed by atoms with Crippen molar-refractivity contribution in [1.82, 2.24) is 4.90 Å². The molecule has 0 radical (unpaired) electrons. The average molecular weight is 471 g/mol. The van der Waals surface area contributed by atoms with Gasteiger partial charge in [-0.1, -0.05) is 63.7 Å². The Hall–Kier alpha value is -2.44. The maximum absolute atomic E-state index is 13.3. The highest BCUT2D eigenvalue weighted by Gasteiger charge is 2.44. The van der Waals surface area contributed by atoms with Crippen molar-refractivity contribution in [2.24, 2.45) is 0 Å². The Morgan fingerprint density at radius 1 is 1.10 bits per heavy atom. The van der Waals surface area contributed by atoms with Crippen LogP contribution in [0.15, 0.2) is 58.6 Å². The Labute approximate surface area is 186 Å². The van der Waals surface area contributed by atoms with Crippen molar-refractivity contribution in [3.63, 3.8) is 0 Å². The first-order chi connectivity index (χ1) is 14.4. The van der Waals surface area contributed by atoms with Gasteiger partial charge in [-0.15, -0.1) is 0 Å². The number of Topliss-reactive ketones (excluding diaryl/α,β-unsaturated/α-hetero) is 1. The zero-order chi connectivity index (χ0) is 21.8. The summed E-state index contributed by atoms with van der Waals surface area (Å²) in [4.78, 5) is 28.8. The molecular weight excluding hydrogens is 444 g/mol. The minimum Gasteiger partial charge on any atom is -0.872 e. The molecule has 3 rings (SSSR count). The molecule has 30 heavy (non-hydrogen) atoms. The molecule has 6 heteroatoms. The fourth-order valence-electron chi connectivity index (χ4n) is 3.87. The van der Waals surface area contributed by atoms with Crippen LogP contribution in [0.1, 0.15) is 36.6 Å². The lowest BCUT2D eigenvalue weighted by atomic mass is 9.95. The van der Waals surface area contributed by atoms with Crippen LogP contribution in [0.25, 0.3) is 5.76 Å². The van der Waals surface area contributed by atoms with Crippen LogP contribution >= 0.6 is 15.9 Å². The fourth-order valence-corrected chi connectivity index (χ4v) is 4.28. The number of aryl methyl sites for hydroxylation is 1. The fraction of sp³-hybridized carbons (Fsp3) is 0.333. The summed E-state index contributed by atoms with van der Waals surface area (Å²) in [5.74, 6) is -1.67. The molecule has 1 heterocycles. The summed E-state index contributed by atoms with van der Waals surface area (Å²) >= 11 is 3.47. The molecule has 1 aliphatic heterocycles. The number of likely N-dealkylation sites (tertiary alicyclic amines) is 1. The second-order valence-electron chi connectivity index (χ2n) is 7.60. The van der Waals surface area contributed by atoms with E-state index >= 15 is 0 Å². The first-order valence-electron chi connectivity index (χ1n) is 10.3. The zero-order valence-corrected chi connectivity index (χ0v) is 19.2. The summed E-state index contributed by atoms with van der Waals surface area (Å²) in [7, 11) is 0. The van der Waals surface area contributed by atoms with Crippen molar-refractivity contribution in [2.75, 3.05) is 26.2 Å². The molecule has 0 saturated carbocycles. The van der Waals surface area contributed by atoms with E-state index in [9.17, 15) is 14.7 Å². The Morgan fingerprint density at radius 3 is 2.37 bits per heavy atom. The summed E-state index contributed by atoms with van der Waals surface area (Å²) in [5, 5.41) is 13.3. The molecule has 0 aliphatic carbocycles. The van der Waals surface area contributed by atoms with Crippen LogP contribution in [-0.4, -0.2) is 42.8 Å². The number of rotatable bonds is 7. The highest BCUT2D eigenvalue weighted by molar-refractivity contribution is 9.10. The van der Waals surface area contributed by atoms with Gasteiger partial charge in [-0.05, 0) is 44.0 Å². The molecule has 1 atom stereocenters. The number of nitrogens with zero attached hydrogens (tertiary/aromatic N) is 1. The van der Waals surface area contributed by atoms with Crippen molar-refractivity contribution in [3.8, 4) is 0 Å². The highest BCUT2D eigenvalue weighted by Crippen LogP contribution is 2.39. The Bertz CT molecular complexity index is 965. The number of quaternary nitrogens is 1. The lowest BCUT2D eigenvalue weighted by Gasteiger charge is -2.28. The van der Waals surface area contributed by atoms with Gasteiger partial charge in [-0.3, -0.25) is 9.59 Å². The minimum atomic E-state index is -0.694. The summed E-state index contributed by atoms with van der Waals surface area (Å²) in [6, 6.07) is 13.9. The van der Waals surface area contributed by atoms with Gasteiger partial charge in [0.15, 0.2) is 0 Å². The minimum absolute atomic E-state index is 0.0384. The maximum Gasteiger partial charge on any atom is 0.295 e. The number of carbonyl (C=O) groups is 2. The van der Waals surface area contributed by atoms with E-state index < -0.39 is 17.7 Å². The molecule has 0 bridgehead atoms. The van der Waals surface area contributed by atoms with Gasteiger partial charge in [0, 0.05) is 10.0 Å². The van der Waals surface area contributed by atoms with Crippen LogP contribution in [0.5, 0.6) is 0 Å². The topological polar surface area (TPSA) is 64.9 Å². The molecule has 1 amide bonds. The third-order valence-corrected chi connectivity index (χ3v) is 6.21. The van der Waals surface area contributed by atoms with Crippen LogP contribution in [0.2, 0.25) is 0 Å². The number of benzene rings is 2. The Morgan fingerprint density at radius 2 is 1.77 bits per heavy atom. The van der Waals surface area contributed by atoms with Crippen molar-refractivity contribution < 1.29 is 19.6 Å². The number of nitrogens with one attached hydrogen (secondary N) is 1. The van der Waals surface area contributed by atoms with Crippen molar-refractivity contribution in [1.29, 1.82) is 0 Å². The van der Waals surface area contributed by atoms with Gasteiger partial charge in [0.1, 0.15) is 0 Å². The molecule has 5 nitrogen and oxygen atoms in total. The van der Waals surface area contributed by atoms with E-state index in [4.69, 9.17) is 0 Å². The molecule has 1 fully saturated rings.